The molecule has 0 saturated heterocycles. The molecule has 2 aliphatic heterocycles. The summed E-state index contributed by atoms with van der Waals surface area (Å²) < 4.78 is 0. The van der Waals surface area contributed by atoms with Gasteiger partial charge in [-0.15, -0.1) is 23.5 Å². The third-order valence-corrected chi connectivity index (χ3v) is 10.5. The van der Waals surface area contributed by atoms with Gasteiger partial charge in [0.1, 0.15) is 0 Å². The molecule has 3 nitrogen and oxygen atoms in total. The molecule has 1 aromatic heterocycles. The van der Waals surface area contributed by atoms with Crippen molar-refractivity contribution in [2.75, 3.05) is 13.1 Å². The van der Waals surface area contributed by atoms with Crippen molar-refractivity contribution >= 4 is 40.6 Å². The third-order valence-electron chi connectivity index (χ3n) is 7.07. The van der Waals surface area contributed by atoms with Crippen LogP contribution in [0.15, 0.2) is 34.0 Å². The fourth-order valence-electron chi connectivity index (χ4n) is 5.47. The summed E-state index contributed by atoms with van der Waals surface area (Å²) in [6.07, 6.45) is 6.07. The highest BCUT2D eigenvalue weighted by Crippen LogP contribution is 2.65. The van der Waals surface area contributed by atoms with E-state index >= 15 is 0 Å². The largest absolute Gasteiger partial charge is 0.361 e. The molecular weight excluding hydrogens is 428 g/mol. The number of hydrogen-bond donors (Lipinski definition) is 0. The maximum absolute atomic E-state index is 13.5. The number of rotatable bonds is 6. The summed E-state index contributed by atoms with van der Waals surface area (Å²) in [7, 11) is 0. The molecule has 0 aromatic carbocycles. The number of Topliss-reactive ketones (excluding diaryl/α,β-unsaturated/α-hetero) is 1. The maximum atomic E-state index is 13.5. The van der Waals surface area contributed by atoms with E-state index in [2.05, 4.69) is 85.3 Å². The van der Waals surface area contributed by atoms with Gasteiger partial charge >= 0.3 is 0 Å². The number of fused-ring (bicyclic) bond motifs is 1. The summed E-state index contributed by atoms with van der Waals surface area (Å²) in [5.41, 5.74) is 1.98. The van der Waals surface area contributed by atoms with E-state index in [9.17, 15) is 4.79 Å². The van der Waals surface area contributed by atoms with Crippen molar-refractivity contribution in [2.45, 2.75) is 64.1 Å². The zero-order valence-corrected chi connectivity index (χ0v) is 21.4. The molecule has 0 N–H and O–H groups in total. The zero-order chi connectivity index (χ0) is 21.7. The molecule has 0 fully saturated rings. The molecule has 3 heterocycles. The van der Waals surface area contributed by atoms with Gasteiger partial charge in [0.25, 0.3) is 0 Å². The summed E-state index contributed by atoms with van der Waals surface area (Å²) >= 11 is 5.50. The number of thioether (sulfide) groups is 2. The van der Waals surface area contributed by atoms with E-state index in [4.69, 9.17) is 0 Å². The second kappa shape index (κ2) is 7.93. The van der Waals surface area contributed by atoms with Crippen molar-refractivity contribution in [3.63, 3.8) is 0 Å². The van der Waals surface area contributed by atoms with Crippen molar-refractivity contribution in [3.8, 4) is 0 Å². The quantitative estimate of drug-likeness (QED) is 0.471. The molecule has 2 unspecified atom stereocenters. The highest BCUT2D eigenvalue weighted by molar-refractivity contribution is 8.04. The van der Waals surface area contributed by atoms with E-state index in [1.54, 1.807) is 11.3 Å². The van der Waals surface area contributed by atoms with E-state index in [0.29, 0.717) is 24.0 Å². The van der Waals surface area contributed by atoms with Crippen LogP contribution in [0.1, 0.15) is 63.9 Å². The van der Waals surface area contributed by atoms with Crippen LogP contribution in [0.25, 0.3) is 0 Å². The molecule has 0 bridgehead atoms. The molecule has 6 heteroatoms. The maximum Gasteiger partial charge on any atom is 0.164 e. The SMILES string of the molecule is CC(C)CN1C=CSC1(C)C1(C2(C)SC=CN2CC(C)C)CC(=O)c2cscc2C1. The van der Waals surface area contributed by atoms with Gasteiger partial charge in [0.05, 0.1) is 9.74 Å². The highest BCUT2D eigenvalue weighted by Gasteiger charge is 2.66. The Morgan fingerprint density at radius 3 is 1.93 bits per heavy atom. The molecule has 0 spiro atoms. The molecular formula is C24H34N2OS3. The van der Waals surface area contributed by atoms with Crippen LogP contribution < -0.4 is 0 Å². The van der Waals surface area contributed by atoms with Gasteiger partial charge in [0, 0.05) is 48.3 Å². The van der Waals surface area contributed by atoms with Crippen LogP contribution in [0.2, 0.25) is 0 Å². The van der Waals surface area contributed by atoms with Crippen LogP contribution in [0.4, 0.5) is 0 Å². The molecule has 3 aliphatic rings. The van der Waals surface area contributed by atoms with Gasteiger partial charge in [-0.25, -0.2) is 0 Å². The average molecular weight is 463 g/mol. The molecule has 164 valence electrons. The summed E-state index contributed by atoms with van der Waals surface area (Å²) in [6, 6.07) is 0. The Hall–Kier alpha value is -0.850. The minimum absolute atomic E-state index is 0.185. The van der Waals surface area contributed by atoms with Crippen LogP contribution in [0.5, 0.6) is 0 Å². The third kappa shape index (κ3) is 3.29. The van der Waals surface area contributed by atoms with E-state index in [1.807, 2.05) is 23.5 Å². The Morgan fingerprint density at radius 1 is 0.900 bits per heavy atom. The number of carbonyl (C=O) groups excluding carboxylic acids is 1. The second-order valence-electron chi connectivity index (χ2n) is 10.0. The first-order valence-electron chi connectivity index (χ1n) is 10.9. The van der Waals surface area contributed by atoms with Gasteiger partial charge in [-0.2, -0.15) is 11.3 Å². The monoisotopic (exact) mass is 462 g/mol. The summed E-state index contributed by atoms with van der Waals surface area (Å²) in [4.78, 5) is 18.2. The lowest BCUT2D eigenvalue weighted by atomic mass is 9.62. The lowest BCUT2D eigenvalue weighted by molar-refractivity contribution is -0.0168. The fourth-order valence-corrected chi connectivity index (χ4v) is 9.02. The Bertz CT molecular complexity index is 834. The summed E-state index contributed by atoms with van der Waals surface area (Å²) in [6.45, 7) is 15.9. The fraction of sp³-hybridized carbons (Fsp3) is 0.625. The van der Waals surface area contributed by atoms with Gasteiger partial charge in [-0.1, -0.05) is 27.7 Å². The zero-order valence-electron chi connectivity index (χ0n) is 19.0. The van der Waals surface area contributed by atoms with Crippen molar-refractivity contribution in [3.05, 3.63) is 45.1 Å². The lowest BCUT2D eigenvalue weighted by Crippen LogP contribution is -2.68. The molecule has 0 saturated carbocycles. The van der Waals surface area contributed by atoms with Gasteiger partial charge in [0.2, 0.25) is 0 Å². The van der Waals surface area contributed by atoms with Crippen LogP contribution in [-0.2, 0) is 6.42 Å². The number of carbonyl (C=O) groups is 1. The standard InChI is InChI=1S/C24H34N2OS3/c1-17(2)13-25-7-9-29-22(25,5)24(11-19-15-28-16-20(19)21(27)12-24)23(6)26(8-10-30-23)14-18(3)4/h7-10,15-18H,11-14H2,1-6H3. The molecule has 2 atom stereocenters. The first-order chi connectivity index (χ1) is 14.1. The van der Waals surface area contributed by atoms with Crippen LogP contribution in [-0.4, -0.2) is 38.4 Å². The predicted molar refractivity (Wildman–Crippen MR) is 133 cm³/mol. The molecule has 1 aliphatic carbocycles. The minimum Gasteiger partial charge on any atom is -0.361 e. The molecule has 0 radical (unpaired) electrons. The lowest BCUT2D eigenvalue weighted by Gasteiger charge is -2.61. The van der Waals surface area contributed by atoms with E-state index in [1.165, 1.54) is 5.56 Å². The number of nitrogens with zero attached hydrogens (tertiary/aromatic N) is 2. The average Bonchev–Trinajstić information content (AvgIpc) is 3.36. The second-order valence-corrected chi connectivity index (χ2v) is 13.4. The van der Waals surface area contributed by atoms with Gasteiger partial charge in [-0.3, -0.25) is 4.79 Å². The summed E-state index contributed by atoms with van der Waals surface area (Å²) in [5.74, 6) is 1.44. The van der Waals surface area contributed by atoms with Gasteiger partial charge in [0.15, 0.2) is 5.78 Å². The van der Waals surface area contributed by atoms with Crippen molar-refractivity contribution in [2.24, 2.45) is 17.3 Å². The van der Waals surface area contributed by atoms with Crippen LogP contribution in [0.3, 0.4) is 0 Å². The van der Waals surface area contributed by atoms with Crippen molar-refractivity contribution < 1.29 is 4.79 Å². The Labute approximate surface area is 194 Å². The number of thiophene rings is 1. The van der Waals surface area contributed by atoms with Crippen molar-refractivity contribution in [1.29, 1.82) is 0 Å². The molecule has 4 rings (SSSR count). The predicted octanol–water partition coefficient (Wildman–Crippen LogP) is 6.65. The number of ketones is 1. The minimum atomic E-state index is -0.225. The highest BCUT2D eigenvalue weighted by atomic mass is 32.2. The van der Waals surface area contributed by atoms with Crippen LogP contribution in [0, 0.1) is 17.3 Å². The van der Waals surface area contributed by atoms with Gasteiger partial charge < -0.3 is 9.80 Å². The smallest absolute Gasteiger partial charge is 0.164 e. The Balaban J connectivity index is 1.86. The van der Waals surface area contributed by atoms with E-state index in [0.717, 1.165) is 25.1 Å². The molecule has 30 heavy (non-hydrogen) atoms. The normalized spacial score (nSPS) is 33.4. The number of hydrogen-bond acceptors (Lipinski definition) is 6. The summed E-state index contributed by atoms with van der Waals surface area (Å²) in [5, 5.41) is 8.78. The first kappa shape index (κ1) is 22.3. The topological polar surface area (TPSA) is 23.6 Å². The van der Waals surface area contributed by atoms with Crippen LogP contribution >= 0.6 is 34.9 Å². The van der Waals surface area contributed by atoms with E-state index in [-0.39, 0.29) is 15.2 Å². The Morgan fingerprint density at radius 2 is 1.43 bits per heavy atom. The Kier molecular flexibility index (Phi) is 5.91. The van der Waals surface area contributed by atoms with E-state index < -0.39 is 0 Å². The van der Waals surface area contributed by atoms with Gasteiger partial charge in [-0.05, 0) is 53.9 Å². The molecule has 0 amide bonds. The molecule has 1 aromatic rings. The first-order valence-corrected chi connectivity index (χ1v) is 13.6. The van der Waals surface area contributed by atoms with Crippen molar-refractivity contribution in [1.82, 2.24) is 9.80 Å².